The van der Waals surface area contributed by atoms with Crippen molar-refractivity contribution in [3.63, 3.8) is 0 Å². The lowest BCUT2D eigenvalue weighted by Crippen LogP contribution is -2.17. The van der Waals surface area contributed by atoms with E-state index in [9.17, 15) is 13.2 Å². The maximum atomic E-state index is 13.1. The molecule has 1 aromatic heterocycles. The molecule has 37 heavy (non-hydrogen) atoms. The zero-order valence-corrected chi connectivity index (χ0v) is 22.2. The van der Waals surface area contributed by atoms with Crippen LogP contribution in [0.2, 0.25) is 0 Å². The third-order valence-corrected chi connectivity index (χ3v) is 8.18. The van der Waals surface area contributed by atoms with Crippen molar-refractivity contribution < 1.29 is 17.9 Å². The summed E-state index contributed by atoms with van der Waals surface area (Å²) < 4.78 is 36.1. The molecule has 0 spiro atoms. The maximum Gasteiger partial charge on any atom is 0.279 e. The molecule has 190 valence electrons. The molecule has 7 nitrogen and oxygen atoms in total. The van der Waals surface area contributed by atoms with Crippen LogP contribution in [0.15, 0.2) is 76.6 Å². The Morgan fingerprint density at radius 3 is 2.62 bits per heavy atom. The summed E-state index contributed by atoms with van der Waals surface area (Å²) >= 11 is 1.41. The van der Waals surface area contributed by atoms with Gasteiger partial charge in [0.15, 0.2) is 4.80 Å². The fourth-order valence-electron chi connectivity index (χ4n) is 3.82. The monoisotopic (exact) mass is 533 g/mol. The first kappa shape index (κ1) is 26.2. The maximum absolute atomic E-state index is 13.1. The molecule has 0 radical (unpaired) electrons. The molecule has 0 unspecified atom stereocenters. The SMILES string of the molecule is C#CCn1c(=NC(=O)c2cccc(NS(=O)(=O)c3ccc(OC)cc3)c2)sc2cc(CCCC)ccc21. The Hall–Kier alpha value is -3.87. The molecule has 1 heterocycles. The second-order valence-electron chi connectivity index (χ2n) is 8.36. The van der Waals surface area contributed by atoms with E-state index in [1.165, 1.54) is 42.2 Å². The van der Waals surface area contributed by atoms with Gasteiger partial charge in [0.2, 0.25) is 0 Å². The number of nitrogens with one attached hydrogen (secondary N) is 1. The molecule has 4 aromatic rings. The third kappa shape index (κ3) is 6.10. The number of terminal acetylenes is 1. The highest BCUT2D eigenvalue weighted by molar-refractivity contribution is 7.92. The summed E-state index contributed by atoms with van der Waals surface area (Å²) in [5, 5.41) is 0. The predicted molar refractivity (Wildman–Crippen MR) is 147 cm³/mol. The van der Waals surface area contributed by atoms with Gasteiger partial charge in [-0.25, -0.2) is 8.42 Å². The Bertz CT molecular complexity index is 1640. The summed E-state index contributed by atoms with van der Waals surface area (Å²) in [6.45, 7) is 2.44. The number of hydrogen-bond donors (Lipinski definition) is 1. The van der Waals surface area contributed by atoms with E-state index < -0.39 is 15.9 Å². The van der Waals surface area contributed by atoms with Crippen LogP contribution in [-0.2, 0) is 23.0 Å². The minimum absolute atomic E-state index is 0.0774. The molecule has 0 aliphatic carbocycles. The third-order valence-electron chi connectivity index (χ3n) is 5.74. The van der Waals surface area contributed by atoms with Gasteiger partial charge in [-0.15, -0.1) is 6.42 Å². The standard InChI is InChI=1S/C28H27N3O4S2/c1-4-6-8-20-11-16-25-26(18-20)36-28(31(25)17-5-2)29-27(32)21-9-7-10-22(19-21)30-37(33,34)24-14-12-23(35-3)13-15-24/h2,7,9-16,18-19,30H,4,6,8,17H2,1,3H3. The Morgan fingerprint density at radius 1 is 1.14 bits per heavy atom. The quantitative estimate of drug-likeness (QED) is 0.299. The van der Waals surface area contributed by atoms with Gasteiger partial charge in [0.1, 0.15) is 5.75 Å². The van der Waals surface area contributed by atoms with E-state index in [2.05, 4.69) is 34.7 Å². The number of rotatable bonds is 9. The summed E-state index contributed by atoms with van der Waals surface area (Å²) in [6, 6.07) is 18.5. The second-order valence-corrected chi connectivity index (χ2v) is 11.1. The highest BCUT2D eigenvalue weighted by Crippen LogP contribution is 2.22. The molecule has 3 aromatic carbocycles. The first-order valence-electron chi connectivity index (χ1n) is 11.8. The molecule has 0 atom stereocenters. The van der Waals surface area contributed by atoms with Crippen LogP contribution in [-0.4, -0.2) is 26.0 Å². The average molecular weight is 534 g/mol. The van der Waals surface area contributed by atoms with Crippen molar-refractivity contribution in [3.05, 3.63) is 82.7 Å². The second kappa shape index (κ2) is 11.5. The number of anilines is 1. The molecule has 4 rings (SSSR count). The zero-order chi connectivity index (χ0) is 26.4. The molecule has 0 fully saturated rings. The number of fused-ring (bicyclic) bond motifs is 1. The van der Waals surface area contributed by atoms with Crippen LogP contribution in [0, 0.1) is 12.3 Å². The number of aryl methyl sites for hydroxylation is 1. The van der Waals surface area contributed by atoms with Crippen molar-refractivity contribution in [1.29, 1.82) is 0 Å². The van der Waals surface area contributed by atoms with Crippen LogP contribution in [0.5, 0.6) is 5.75 Å². The van der Waals surface area contributed by atoms with Crippen molar-refractivity contribution >= 4 is 43.2 Å². The lowest BCUT2D eigenvalue weighted by molar-refractivity contribution is 0.0998. The van der Waals surface area contributed by atoms with Gasteiger partial charge in [-0.3, -0.25) is 9.52 Å². The molecule has 1 N–H and O–H groups in total. The summed E-state index contributed by atoms with van der Waals surface area (Å²) in [7, 11) is -2.35. The first-order chi connectivity index (χ1) is 17.8. The molecule has 0 aliphatic heterocycles. The van der Waals surface area contributed by atoms with Gasteiger partial charge in [-0.05, 0) is 73.0 Å². The van der Waals surface area contributed by atoms with Crippen molar-refractivity contribution in [2.45, 2.75) is 37.6 Å². The van der Waals surface area contributed by atoms with E-state index >= 15 is 0 Å². The minimum Gasteiger partial charge on any atom is -0.497 e. The van der Waals surface area contributed by atoms with E-state index in [0.717, 1.165) is 29.5 Å². The fraction of sp³-hybridized carbons (Fsp3) is 0.214. The van der Waals surface area contributed by atoms with Crippen LogP contribution in [0.3, 0.4) is 0 Å². The van der Waals surface area contributed by atoms with Crippen LogP contribution >= 0.6 is 11.3 Å². The van der Waals surface area contributed by atoms with Crippen molar-refractivity contribution in [3.8, 4) is 18.1 Å². The van der Waals surface area contributed by atoms with E-state index in [-0.39, 0.29) is 22.7 Å². The number of methoxy groups -OCH3 is 1. The van der Waals surface area contributed by atoms with E-state index in [0.29, 0.717) is 10.6 Å². The lowest BCUT2D eigenvalue weighted by Gasteiger charge is -2.09. The molecule has 0 saturated heterocycles. The number of aromatic nitrogens is 1. The molecule has 9 heteroatoms. The van der Waals surface area contributed by atoms with E-state index in [1.54, 1.807) is 30.3 Å². The number of sulfonamides is 1. The van der Waals surface area contributed by atoms with Gasteiger partial charge in [0.05, 0.1) is 28.8 Å². The van der Waals surface area contributed by atoms with Gasteiger partial charge in [0, 0.05) is 11.3 Å². The number of carbonyl (C=O) groups excluding carboxylic acids is 1. The van der Waals surface area contributed by atoms with Gasteiger partial charge >= 0.3 is 0 Å². The zero-order valence-electron chi connectivity index (χ0n) is 20.6. The summed E-state index contributed by atoms with van der Waals surface area (Å²) in [5.41, 5.74) is 2.67. The Balaban J connectivity index is 1.64. The number of nitrogens with zero attached hydrogens (tertiary/aromatic N) is 2. The first-order valence-corrected chi connectivity index (χ1v) is 14.1. The molecule has 0 bridgehead atoms. The number of benzene rings is 3. The largest absolute Gasteiger partial charge is 0.497 e. The van der Waals surface area contributed by atoms with Crippen molar-refractivity contribution in [2.75, 3.05) is 11.8 Å². The topological polar surface area (TPSA) is 89.8 Å². The van der Waals surface area contributed by atoms with Crippen LogP contribution in [0.25, 0.3) is 10.2 Å². The van der Waals surface area contributed by atoms with Gasteiger partial charge < -0.3 is 9.30 Å². The number of thiazole rings is 1. The smallest absolute Gasteiger partial charge is 0.279 e. The van der Waals surface area contributed by atoms with E-state index in [4.69, 9.17) is 11.2 Å². The van der Waals surface area contributed by atoms with Crippen LogP contribution < -0.4 is 14.3 Å². The average Bonchev–Trinajstić information content (AvgIpc) is 3.23. The minimum atomic E-state index is -3.85. The number of carbonyl (C=O) groups is 1. The number of ether oxygens (including phenoxy) is 1. The summed E-state index contributed by atoms with van der Waals surface area (Å²) in [6.07, 6.45) is 8.81. The molecule has 0 saturated carbocycles. The van der Waals surface area contributed by atoms with Gasteiger partial charge in [-0.2, -0.15) is 4.99 Å². The Labute approximate surface area is 220 Å². The van der Waals surface area contributed by atoms with Crippen LogP contribution in [0.4, 0.5) is 5.69 Å². The normalized spacial score (nSPS) is 11.9. The summed E-state index contributed by atoms with van der Waals surface area (Å²) in [4.78, 5) is 18.0. The number of unbranched alkanes of at least 4 members (excludes halogenated alkanes) is 1. The molecule has 0 aliphatic rings. The number of hydrogen-bond acceptors (Lipinski definition) is 5. The Kier molecular flexibility index (Phi) is 8.11. The highest BCUT2D eigenvalue weighted by Gasteiger charge is 2.16. The highest BCUT2D eigenvalue weighted by atomic mass is 32.2. The van der Waals surface area contributed by atoms with Crippen molar-refractivity contribution in [2.24, 2.45) is 4.99 Å². The van der Waals surface area contributed by atoms with E-state index in [1.807, 2.05) is 10.6 Å². The molecular weight excluding hydrogens is 506 g/mol. The van der Waals surface area contributed by atoms with Crippen molar-refractivity contribution in [1.82, 2.24) is 4.57 Å². The molecule has 1 amide bonds. The molecular formula is C28H27N3O4S2. The van der Waals surface area contributed by atoms with Gasteiger partial charge in [-0.1, -0.05) is 42.7 Å². The fourth-order valence-corrected chi connectivity index (χ4v) is 5.96. The Morgan fingerprint density at radius 2 is 1.92 bits per heavy atom. The number of amides is 1. The van der Waals surface area contributed by atoms with Crippen LogP contribution in [0.1, 0.15) is 35.7 Å². The summed E-state index contributed by atoms with van der Waals surface area (Å²) in [5.74, 6) is 2.69. The lowest BCUT2D eigenvalue weighted by atomic mass is 10.1. The predicted octanol–water partition coefficient (Wildman–Crippen LogP) is 5.23. The van der Waals surface area contributed by atoms with Gasteiger partial charge in [0.25, 0.3) is 15.9 Å².